The summed E-state index contributed by atoms with van der Waals surface area (Å²) >= 11 is 0. The Balaban J connectivity index is 0.00000514. The summed E-state index contributed by atoms with van der Waals surface area (Å²) in [6.45, 7) is 22.7. The van der Waals surface area contributed by atoms with Crippen LogP contribution in [0.25, 0.3) is 61.6 Å². The molecular formula is C50H52N3OPt-. The number of phenols is 1. The van der Waals surface area contributed by atoms with E-state index in [0.29, 0.717) is 11.4 Å². The molecule has 0 bridgehead atoms. The van der Waals surface area contributed by atoms with Crippen molar-refractivity contribution < 1.29 is 26.2 Å². The molecule has 4 nitrogen and oxygen atoms in total. The van der Waals surface area contributed by atoms with Gasteiger partial charge >= 0.3 is 0 Å². The first-order chi connectivity index (χ1) is 25.6. The number of phenolic OH excluding ortho intramolecular Hbond substituents is 1. The van der Waals surface area contributed by atoms with E-state index < -0.39 is 0 Å². The van der Waals surface area contributed by atoms with Gasteiger partial charge in [-0.15, -0.1) is 23.8 Å². The maximum absolute atomic E-state index is 11.3. The molecule has 0 aliphatic carbocycles. The largest absolute Gasteiger partial charge is 0.507 e. The predicted molar refractivity (Wildman–Crippen MR) is 227 cm³/mol. The summed E-state index contributed by atoms with van der Waals surface area (Å²) in [5, 5.41) is 11.3. The van der Waals surface area contributed by atoms with Crippen LogP contribution in [0.2, 0.25) is 0 Å². The van der Waals surface area contributed by atoms with E-state index in [0.717, 1.165) is 44.7 Å². The van der Waals surface area contributed by atoms with Gasteiger partial charge < -0.3 is 5.11 Å². The van der Waals surface area contributed by atoms with E-state index >= 15 is 0 Å². The zero-order valence-corrected chi connectivity index (χ0v) is 36.0. The summed E-state index contributed by atoms with van der Waals surface area (Å²) in [7, 11) is 0. The average Bonchev–Trinajstić information content (AvgIpc) is 3.53. The van der Waals surface area contributed by atoms with Crippen LogP contribution in [-0.2, 0) is 31.9 Å². The van der Waals surface area contributed by atoms with Gasteiger partial charge in [0.05, 0.1) is 22.3 Å². The van der Waals surface area contributed by atoms with Gasteiger partial charge in [-0.25, -0.2) is 4.98 Å². The minimum absolute atomic E-state index is 0. The summed E-state index contributed by atoms with van der Waals surface area (Å²) in [6, 6.07) is 41.9. The molecule has 2 heterocycles. The van der Waals surface area contributed by atoms with Crippen LogP contribution < -0.4 is 0 Å². The van der Waals surface area contributed by atoms with Crippen molar-refractivity contribution in [3.05, 3.63) is 144 Å². The number of hydrogen-bond acceptors (Lipinski definition) is 3. The van der Waals surface area contributed by atoms with E-state index in [1.807, 2.05) is 42.6 Å². The minimum Gasteiger partial charge on any atom is -0.507 e. The van der Waals surface area contributed by atoms with Crippen LogP contribution in [0, 0.1) is 6.07 Å². The molecule has 1 N–H and O–H groups in total. The molecule has 0 saturated heterocycles. The van der Waals surface area contributed by atoms with Gasteiger partial charge in [-0.1, -0.05) is 159 Å². The molecule has 2 aromatic heterocycles. The minimum atomic E-state index is -0.0253. The maximum Gasteiger partial charge on any atom is 0.148 e. The van der Waals surface area contributed by atoms with E-state index in [2.05, 4.69) is 147 Å². The van der Waals surface area contributed by atoms with Gasteiger partial charge in [0, 0.05) is 33.0 Å². The Hall–Kier alpha value is -4.79. The molecule has 0 radical (unpaired) electrons. The third-order valence-electron chi connectivity index (χ3n) is 10.5. The number of pyridine rings is 1. The van der Waals surface area contributed by atoms with Gasteiger partial charge in [0.15, 0.2) is 0 Å². The summed E-state index contributed by atoms with van der Waals surface area (Å²) in [4.78, 5) is 10.2. The van der Waals surface area contributed by atoms with E-state index in [4.69, 9.17) is 9.97 Å². The van der Waals surface area contributed by atoms with E-state index in [9.17, 15) is 5.11 Å². The Morgan fingerprint density at radius 1 is 0.618 bits per heavy atom. The van der Waals surface area contributed by atoms with Crippen LogP contribution in [0.4, 0.5) is 0 Å². The van der Waals surface area contributed by atoms with Crippen LogP contribution in [-0.4, -0.2) is 19.6 Å². The monoisotopic (exact) mass is 905 g/mol. The normalized spacial score (nSPS) is 12.1. The summed E-state index contributed by atoms with van der Waals surface area (Å²) in [5.41, 5.74) is 14.6. The molecule has 0 aliphatic heterocycles. The first-order valence-electron chi connectivity index (χ1n) is 19.2. The average molecular weight is 906 g/mol. The van der Waals surface area contributed by atoms with Crippen molar-refractivity contribution in [2.24, 2.45) is 0 Å². The fourth-order valence-corrected chi connectivity index (χ4v) is 7.36. The summed E-state index contributed by atoms with van der Waals surface area (Å²) in [5.74, 6) is 1.44. The van der Waals surface area contributed by atoms with Crippen molar-refractivity contribution in [2.75, 3.05) is 0 Å². The van der Waals surface area contributed by atoms with Crippen LogP contribution in [0.5, 0.6) is 5.75 Å². The Morgan fingerprint density at radius 2 is 1.18 bits per heavy atom. The molecule has 0 unspecified atom stereocenters. The topological polar surface area (TPSA) is 50.9 Å². The number of aromatic hydroxyl groups is 1. The molecule has 0 amide bonds. The molecular weight excluding hydrogens is 854 g/mol. The Labute approximate surface area is 342 Å². The number of benzene rings is 5. The van der Waals surface area contributed by atoms with Crippen LogP contribution in [0.15, 0.2) is 115 Å². The third kappa shape index (κ3) is 7.85. The van der Waals surface area contributed by atoms with Gasteiger partial charge in [-0.3, -0.25) is 9.55 Å². The quantitative estimate of drug-likeness (QED) is 0.162. The van der Waals surface area contributed by atoms with Crippen molar-refractivity contribution in [2.45, 2.75) is 91.9 Å². The van der Waals surface area contributed by atoms with Gasteiger partial charge in [0.1, 0.15) is 11.6 Å². The Bertz CT molecular complexity index is 2420. The number of imidazole rings is 1. The standard InChI is InChI=1S/C50H52N3O.Pt/c1-31(2)39-18-15-19-40(32(3)4)47(39)53-44-22-16-20-41(46(44)52-48(53)42-17-11-12-23-45(42)54)35-25-33(26-36(27-35)43-21-13-14-24-51-43)34-28-37(49(5,6)7)30-38(29-34)50(8,9)10;/h11-26,28-32,54H,1-10H3;/q-1;. The molecule has 0 aliphatic rings. The van der Waals surface area contributed by atoms with E-state index in [-0.39, 0.29) is 49.5 Å². The predicted octanol–water partition coefficient (Wildman–Crippen LogP) is 13.4. The van der Waals surface area contributed by atoms with Gasteiger partial charge in [-0.2, -0.15) is 0 Å². The van der Waals surface area contributed by atoms with Crippen molar-refractivity contribution in [1.82, 2.24) is 14.5 Å². The molecule has 0 atom stereocenters. The van der Waals surface area contributed by atoms with Crippen LogP contribution in [0.3, 0.4) is 0 Å². The number of rotatable bonds is 7. The first kappa shape index (κ1) is 39.9. The first-order valence-corrected chi connectivity index (χ1v) is 19.2. The van der Waals surface area contributed by atoms with Crippen molar-refractivity contribution in [3.63, 3.8) is 0 Å². The fourth-order valence-electron chi connectivity index (χ4n) is 7.36. The molecule has 7 aromatic rings. The smallest absolute Gasteiger partial charge is 0.148 e. The number of hydrogen-bond donors (Lipinski definition) is 1. The van der Waals surface area contributed by atoms with E-state index in [1.54, 1.807) is 6.07 Å². The summed E-state index contributed by atoms with van der Waals surface area (Å²) < 4.78 is 2.28. The Kier molecular flexibility index (Phi) is 11.2. The Morgan fingerprint density at radius 3 is 1.76 bits per heavy atom. The zero-order valence-electron chi connectivity index (χ0n) is 33.7. The van der Waals surface area contributed by atoms with Crippen molar-refractivity contribution in [1.29, 1.82) is 0 Å². The summed E-state index contributed by atoms with van der Waals surface area (Å²) in [6.07, 6.45) is 1.84. The number of fused-ring (bicyclic) bond motifs is 1. The third-order valence-corrected chi connectivity index (χ3v) is 10.5. The van der Waals surface area contributed by atoms with Crippen molar-refractivity contribution in [3.8, 4) is 56.3 Å². The second-order valence-corrected chi connectivity index (χ2v) is 17.3. The van der Waals surface area contributed by atoms with Gasteiger partial charge in [-0.05, 0) is 74.7 Å². The maximum atomic E-state index is 11.3. The van der Waals surface area contributed by atoms with Crippen molar-refractivity contribution >= 4 is 11.0 Å². The number of para-hydroxylation sites is 3. The molecule has 5 aromatic carbocycles. The second kappa shape index (κ2) is 15.4. The van der Waals surface area contributed by atoms with Crippen LogP contribution in [0.1, 0.15) is 103 Å². The zero-order chi connectivity index (χ0) is 38.5. The SMILES string of the molecule is CC(C)c1cccc(C(C)C)c1-n1c(-c2ccccc2O)nc2c(-c3[c-]c(-c4ccccn4)cc(-c4cc(C(C)(C)C)cc(C(C)(C)C)c4)c3)cccc21.[Pt]. The van der Waals surface area contributed by atoms with Crippen LogP contribution >= 0.6 is 0 Å². The molecule has 5 heteroatoms. The molecule has 0 spiro atoms. The fraction of sp³-hybridized carbons (Fsp3) is 0.280. The van der Waals surface area contributed by atoms with Gasteiger partial charge in [0.25, 0.3) is 0 Å². The van der Waals surface area contributed by atoms with E-state index in [1.165, 1.54) is 27.8 Å². The van der Waals surface area contributed by atoms with Gasteiger partial charge in [0.2, 0.25) is 0 Å². The molecule has 55 heavy (non-hydrogen) atoms. The molecule has 0 saturated carbocycles. The molecule has 7 rings (SSSR count). The molecule has 0 fully saturated rings. The molecule has 284 valence electrons. The number of nitrogens with zero attached hydrogens (tertiary/aromatic N) is 3. The second-order valence-electron chi connectivity index (χ2n) is 17.3. The number of aromatic nitrogens is 3.